The molecule has 0 atom stereocenters. The van der Waals surface area contributed by atoms with E-state index in [1.165, 1.54) is 9.10 Å². The van der Waals surface area contributed by atoms with E-state index in [-0.39, 0.29) is 17.3 Å². The van der Waals surface area contributed by atoms with Crippen LogP contribution < -0.4 is 4.31 Å². The first-order chi connectivity index (χ1) is 14.2. The lowest BCUT2D eigenvalue weighted by Crippen LogP contribution is -2.33. The van der Waals surface area contributed by atoms with Crippen LogP contribution in [-0.2, 0) is 16.6 Å². The zero-order valence-corrected chi connectivity index (χ0v) is 18.4. The minimum atomic E-state index is -3.88. The van der Waals surface area contributed by atoms with Gasteiger partial charge in [0, 0.05) is 5.56 Å². The van der Waals surface area contributed by atoms with Gasteiger partial charge in [-0.3, -0.25) is 0 Å². The molecule has 1 aromatic heterocycles. The Kier molecular flexibility index (Phi) is 6.22. The van der Waals surface area contributed by atoms with E-state index in [1.807, 2.05) is 44.2 Å². The minimum absolute atomic E-state index is 0.0990. The van der Waals surface area contributed by atoms with E-state index >= 15 is 0 Å². The lowest BCUT2D eigenvalue weighted by Gasteiger charge is -2.23. The number of nitrogens with zero attached hydrogens (tertiary/aromatic N) is 4. The fourth-order valence-electron chi connectivity index (χ4n) is 2.96. The maximum Gasteiger partial charge on any atom is 0.265 e. The maximum absolute atomic E-state index is 13.6. The third-order valence-corrected chi connectivity index (χ3v) is 6.10. The van der Waals surface area contributed by atoms with Gasteiger partial charge >= 0.3 is 0 Å². The molecule has 0 fully saturated rings. The highest BCUT2D eigenvalue weighted by atomic mass is 32.2. The predicted molar refractivity (Wildman–Crippen MR) is 121 cm³/mol. The van der Waals surface area contributed by atoms with Gasteiger partial charge in [0.15, 0.2) is 5.82 Å². The highest BCUT2D eigenvalue weighted by molar-refractivity contribution is 7.92. The molecular weight excluding hydrogens is 396 g/mol. The lowest BCUT2D eigenvalue weighted by atomic mass is 10.1. The highest BCUT2D eigenvalue weighted by Crippen LogP contribution is 2.32. The van der Waals surface area contributed by atoms with Gasteiger partial charge in [-0.05, 0) is 32.9 Å². The third kappa shape index (κ3) is 4.68. The summed E-state index contributed by atoms with van der Waals surface area (Å²) in [6.45, 7) is 13.9. The van der Waals surface area contributed by atoms with E-state index in [1.54, 1.807) is 31.2 Å². The molecule has 0 aliphatic carbocycles. The van der Waals surface area contributed by atoms with Gasteiger partial charge in [0.1, 0.15) is 5.69 Å². The molecule has 2 aromatic carbocycles. The molecule has 0 aliphatic heterocycles. The lowest BCUT2D eigenvalue weighted by molar-refractivity contribution is 0.581. The van der Waals surface area contributed by atoms with E-state index in [0.717, 1.165) is 16.7 Å². The number of aromatic nitrogens is 3. The van der Waals surface area contributed by atoms with Crippen molar-refractivity contribution in [2.45, 2.75) is 32.2 Å². The molecule has 156 valence electrons. The third-order valence-electron chi connectivity index (χ3n) is 4.35. The monoisotopic (exact) mass is 422 g/mol. The van der Waals surface area contributed by atoms with Crippen molar-refractivity contribution in [3.63, 3.8) is 0 Å². The summed E-state index contributed by atoms with van der Waals surface area (Å²) < 4.78 is 28.5. The number of allylic oxidation sites excluding steroid dienone is 1. The first-order valence-electron chi connectivity index (χ1n) is 9.57. The molecule has 3 rings (SSSR count). The number of rotatable bonds is 8. The fraction of sp³-hybridized carbons (Fsp3) is 0.217. The van der Waals surface area contributed by atoms with E-state index in [0.29, 0.717) is 17.8 Å². The SMILES string of the molecule is C=C(C)CN(c1nn(CC(=C)C)nc1-c1ccccc1)S(=O)(=O)c1ccc(C)cc1. The number of benzene rings is 2. The van der Waals surface area contributed by atoms with E-state index in [9.17, 15) is 8.42 Å². The van der Waals surface area contributed by atoms with Crippen molar-refractivity contribution in [3.05, 3.63) is 84.5 Å². The van der Waals surface area contributed by atoms with Crippen LogP contribution in [0, 0.1) is 6.92 Å². The second-order valence-corrected chi connectivity index (χ2v) is 9.37. The van der Waals surface area contributed by atoms with Crippen LogP contribution in [-0.4, -0.2) is 30.0 Å². The molecule has 0 bridgehead atoms. The van der Waals surface area contributed by atoms with Crippen molar-refractivity contribution in [3.8, 4) is 11.3 Å². The number of anilines is 1. The van der Waals surface area contributed by atoms with Crippen molar-refractivity contribution >= 4 is 15.8 Å². The van der Waals surface area contributed by atoms with E-state index in [4.69, 9.17) is 0 Å². The zero-order chi connectivity index (χ0) is 21.9. The summed E-state index contributed by atoms with van der Waals surface area (Å²) in [6.07, 6.45) is 0. The van der Waals surface area contributed by atoms with Gasteiger partial charge in [0.05, 0.1) is 18.0 Å². The average Bonchev–Trinajstić information content (AvgIpc) is 3.09. The van der Waals surface area contributed by atoms with Crippen molar-refractivity contribution in [1.82, 2.24) is 15.0 Å². The van der Waals surface area contributed by atoms with E-state index in [2.05, 4.69) is 23.4 Å². The predicted octanol–water partition coefficient (Wildman–Crippen LogP) is 4.60. The summed E-state index contributed by atoms with van der Waals surface area (Å²) in [6, 6.07) is 16.2. The summed E-state index contributed by atoms with van der Waals surface area (Å²) in [4.78, 5) is 1.68. The summed E-state index contributed by atoms with van der Waals surface area (Å²) >= 11 is 0. The molecule has 0 N–H and O–H groups in total. The molecule has 30 heavy (non-hydrogen) atoms. The Labute approximate surface area is 178 Å². The maximum atomic E-state index is 13.6. The Balaban J connectivity index is 2.20. The Morgan fingerprint density at radius 3 is 2.17 bits per heavy atom. The Hall–Kier alpha value is -3.19. The molecule has 0 unspecified atom stereocenters. The number of hydrogen-bond donors (Lipinski definition) is 0. The normalized spacial score (nSPS) is 11.3. The van der Waals surface area contributed by atoms with E-state index < -0.39 is 10.0 Å². The largest absolute Gasteiger partial charge is 0.265 e. The van der Waals surface area contributed by atoms with Crippen molar-refractivity contribution in [2.75, 3.05) is 10.8 Å². The second-order valence-electron chi connectivity index (χ2n) is 7.51. The Bertz CT molecular complexity index is 1160. The van der Waals surface area contributed by atoms with Crippen LogP contribution in [0.1, 0.15) is 19.4 Å². The second kappa shape index (κ2) is 8.67. The standard InChI is InChI=1S/C23H26N4O2S/c1-17(2)15-26(30(28,29)21-13-11-19(5)12-14-21)23-22(20-9-7-6-8-10-20)24-27(25-23)16-18(3)4/h6-14H,1,3,15-16H2,2,4-5H3. The smallest absolute Gasteiger partial charge is 0.242 e. The van der Waals surface area contributed by atoms with Crippen LogP contribution in [0.3, 0.4) is 0 Å². The Morgan fingerprint density at radius 1 is 0.967 bits per heavy atom. The molecule has 0 aliphatic rings. The van der Waals surface area contributed by atoms with Crippen LogP contribution in [0.2, 0.25) is 0 Å². The van der Waals surface area contributed by atoms with Crippen molar-refractivity contribution in [1.29, 1.82) is 0 Å². The summed E-state index contributed by atoms with van der Waals surface area (Å²) in [5.41, 5.74) is 3.82. The van der Waals surface area contributed by atoms with Crippen LogP contribution in [0.4, 0.5) is 5.82 Å². The fourth-order valence-corrected chi connectivity index (χ4v) is 4.43. The van der Waals surface area contributed by atoms with Gasteiger partial charge < -0.3 is 0 Å². The summed E-state index contributed by atoms with van der Waals surface area (Å²) in [7, 11) is -3.88. The minimum Gasteiger partial charge on any atom is -0.242 e. The summed E-state index contributed by atoms with van der Waals surface area (Å²) in [5.74, 6) is 0.269. The van der Waals surface area contributed by atoms with Gasteiger partial charge in [0.25, 0.3) is 10.0 Å². The van der Waals surface area contributed by atoms with Gasteiger partial charge in [-0.25, -0.2) is 12.7 Å². The molecule has 0 saturated carbocycles. The van der Waals surface area contributed by atoms with Gasteiger partial charge in [-0.2, -0.15) is 9.90 Å². The van der Waals surface area contributed by atoms with Crippen LogP contribution in [0.25, 0.3) is 11.3 Å². The molecule has 6 nitrogen and oxygen atoms in total. The first kappa shape index (κ1) is 21.5. The zero-order valence-electron chi connectivity index (χ0n) is 17.5. The number of sulfonamides is 1. The van der Waals surface area contributed by atoms with Gasteiger partial charge in [-0.15, -0.1) is 5.10 Å². The molecule has 1 heterocycles. The highest BCUT2D eigenvalue weighted by Gasteiger charge is 2.30. The topological polar surface area (TPSA) is 68.1 Å². The summed E-state index contributed by atoms with van der Waals surface area (Å²) in [5, 5.41) is 9.12. The first-order valence-corrected chi connectivity index (χ1v) is 11.0. The van der Waals surface area contributed by atoms with Crippen LogP contribution in [0.5, 0.6) is 0 Å². The average molecular weight is 423 g/mol. The van der Waals surface area contributed by atoms with Gasteiger partial charge in [0.2, 0.25) is 0 Å². The quantitative estimate of drug-likeness (QED) is 0.498. The van der Waals surface area contributed by atoms with Crippen molar-refractivity contribution < 1.29 is 8.42 Å². The molecule has 0 amide bonds. The molecule has 7 heteroatoms. The van der Waals surface area contributed by atoms with Crippen LogP contribution >= 0.6 is 0 Å². The van der Waals surface area contributed by atoms with Gasteiger partial charge in [-0.1, -0.05) is 72.3 Å². The number of hydrogen-bond acceptors (Lipinski definition) is 4. The van der Waals surface area contributed by atoms with Crippen molar-refractivity contribution in [2.24, 2.45) is 0 Å². The molecule has 0 saturated heterocycles. The molecular formula is C23H26N4O2S. The molecule has 0 radical (unpaired) electrons. The molecule has 0 spiro atoms. The molecule has 3 aromatic rings. The van der Waals surface area contributed by atoms with Crippen LogP contribution in [0.15, 0.2) is 83.8 Å². The number of aryl methyl sites for hydroxylation is 1. The Morgan fingerprint density at radius 2 is 1.60 bits per heavy atom.